The smallest absolute Gasteiger partial charge is 0.194 e. The van der Waals surface area contributed by atoms with Crippen LogP contribution in [0.1, 0.15) is 24.1 Å². The van der Waals surface area contributed by atoms with Crippen LogP contribution in [0, 0.1) is 17.5 Å². The van der Waals surface area contributed by atoms with Gasteiger partial charge in [0.1, 0.15) is 0 Å². The number of halogens is 3. The monoisotopic (exact) mass is 266 g/mol. The average molecular weight is 266 g/mol. The van der Waals surface area contributed by atoms with Gasteiger partial charge in [-0.15, -0.1) is 0 Å². The Labute approximate surface area is 109 Å². The van der Waals surface area contributed by atoms with Gasteiger partial charge in [-0.25, -0.2) is 13.2 Å². The van der Waals surface area contributed by atoms with E-state index in [1.54, 1.807) is 12.4 Å². The molecule has 0 aliphatic heterocycles. The minimum Gasteiger partial charge on any atom is -0.306 e. The minimum atomic E-state index is -1.44. The fraction of sp³-hybridized carbons (Fsp3) is 0.214. The van der Waals surface area contributed by atoms with Gasteiger partial charge in [-0.2, -0.15) is 0 Å². The molecule has 1 aromatic carbocycles. The second kappa shape index (κ2) is 5.84. The molecule has 0 amide bonds. The molecular weight excluding hydrogens is 253 g/mol. The molecular formula is C14H13F3N2. The van der Waals surface area contributed by atoms with Crippen molar-refractivity contribution in [3.8, 4) is 0 Å². The number of rotatable bonds is 4. The molecule has 0 saturated carbocycles. The molecule has 0 unspecified atom stereocenters. The summed E-state index contributed by atoms with van der Waals surface area (Å²) in [6.45, 7) is 2.15. The van der Waals surface area contributed by atoms with E-state index in [-0.39, 0.29) is 12.6 Å². The Morgan fingerprint density at radius 1 is 1.21 bits per heavy atom. The van der Waals surface area contributed by atoms with Crippen molar-refractivity contribution in [2.75, 3.05) is 0 Å². The number of benzene rings is 1. The summed E-state index contributed by atoms with van der Waals surface area (Å²) in [5.74, 6) is -3.79. The van der Waals surface area contributed by atoms with E-state index in [4.69, 9.17) is 0 Å². The third-order valence-electron chi connectivity index (χ3n) is 2.84. The van der Waals surface area contributed by atoms with E-state index in [1.807, 2.05) is 19.1 Å². The lowest BCUT2D eigenvalue weighted by atomic mass is 10.1. The van der Waals surface area contributed by atoms with Crippen molar-refractivity contribution >= 4 is 0 Å². The molecule has 100 valence electrons. The highest BCUT2D eigenvalue weighted by Crippen LogP contribution is 2.15. The van der Waals surface area contributed by atoms with E-state index >= 15 is 0 Å². The third kappa shape index (κ3) is 3.32. The number of pyridine rings is 1. The average Bonchev–Trinajstić information content (AvgIpc) is 2.43. The lowest BCUT2D eigenvalue weighted by Crippen LogP contribution is -2.18. The summed E-state index contributed by atoms with van der Waals surface area (Å²) >= 11 is 0. The van der Waals surface area contributed by atoms with Gasteiger partial charge in [-0.3, -0.25) is 4.98 Å². The molecule has 0 aliphatic carbocycles. The summed E-state index contributed by atoms with van der Waals surface area (Å²) in [4.78, 5) is 3.99. The zero-order valence-corrected chi connectivity index (χ0v) is 10.3. The highest BCUT2D eigenvalue weighted by Gasteiger charge is 2.11. The Balaban J connectivity index is 2.03. The van der Waals surface area contributed by atoms with Gasteiger partial charge in [0.2, 0.25) is 0 Å². The predicted molar refractivity (Wildman–Crippen MR) is 65.8 cm³/mol. The first-order chi connectivity index (χ1) is 9.08. The second-order valence-electron chi connectivity index (χ2n) is 4.26. The Morgan fingerprint density at radius 2 is 1.89 bits per heavy atom. The molecule has 19 heavy (non-hydrogen) atoms. The van der Waals surface area contributed by atoms with Gasteiger partial charge >= 0.3 is 0 Å². The van der Waals surface area contributed by atoms with E-state index < -0.39 is 17.5 Å². The number of aromatic nitrogens is 1. The zero-order valence-electron chi connectivity index (χ0n) is 10.3. The highest BCUT2D eigenvalue weighted by atomic mass is 19.2. The molecule has 0 spiro atoms. The largest absolute Gasteiger partial charge is 0.306 e. The fourth-order valence-electron chi connectivity index (χ4n) is 1.73. The lowest BCUT2D eigenvalue weighted by Gasteiger charge is -2.14. The summed E-state index contributed by atoms with van der Waals surface area (Å²) in [5.41, 5.74) is 1.32. The lowest BCUT2D eigenvalue weighted by molar-refractivity contribution is 0.443. The van der Waals surface area contributed by atoms with E-state index in [0.717, 1.165) is 17.7 Å². The van der Waals surface area contributed by atoms with Crippen molar-refractivity contribution < 1.29 is 13.2 Å². The van der Waals surface area contributed by atoms with Crippen molar-refractivity contribution in [2.24, 2.45) is 0 Å². The second-order valence-corrected chi connectivity index (χ2v) is 4.26. The maximum atomic E-state index is 13.0. The summed E-state index contributed by atoms with van der Waals surface area (Å²) < 4.78 is 38.9. The number of nitrogens with zero attached hydrogens (tertiary/aromatic N) is 1. The van der Waals surface area contributed by atoms with Gasteiger partial charge in [0.25, 0.3) is 0 Å². The molecule has 0 bridgehead atoms. The maximum Gasteiger partial charge on any atom is 0.194 e. The van der Waals surface area contributed by atoms with Crippen molar-refractivity contribution in [3.05, 3.63) is 65.2 Å². The zero-order chi connectivity index (χ0) is 13.8. The van der Waals surface area contributed by atoms with E-state index in [0.29, 0.717) is 5.56 Å². The SMILES string of the molecule is C[C@@H](NCc1cc(F)c(F)c(F)c1)c1cccnc1. The predicted octanol–water partition coefficient (Wildman–Crippen LogP) is 3.35. The van der Waals surface area contributed by atoms with Crippen LogP contribution >= 0.6 is 0 Å². The van der Waals surface area contributed by atoms with E-state index in [9.17, 15) is 13.2 Å². The Morgan fingerprint density at radius 3 is 2.47 bits per heavy atom. The molecule has 0 radical (unpaired) electrons. The van der Waals surface area contributed by atoms with Gasteiger partial charge in [-0.1, -0.05) is 6.07 Å². The van der Waals surface area contributed by atoms with E-state index in [1.165, 1.54) is 0 Å². The standard InChI is InChI=1S/C14H13F3N2/c1-9(11-3-2-4-18-8-11)19-7-10-5-12(15)14(17)13(16)6-10/h2-6,8-9,19H,7H2,1H3/t9-/m1/s1. The summed E-state index contributed by atoms with van der Waals surface area (Å²) in [6.07, 6.45) is 3.38. The molecule has 1 N–H and O–H groups in total. The van der Waals surface area contributed by atoms with Crippen LogP contribution in [0.3, 0.4) is 0 Å². The normalized spacial score (nSPS) is 12.4. The maximum absolute atomic E-state index is 13.0. The van der Waals surface area contributed by atoms with Crippen molar-refractivity contribution in [1.82, 2.24) is 10.3 Å². The van der Waals surface area contributed by atoms with Crippen molar-refractivity contribution in [2.45, 2.75) is 19.5 Å². The third-order valence-corrected chi connectivity index (χ3v) is 2.84. The van der Waals surface area contributed by atoms with Crippen molar-refractivity contribution in [1.29, 1.82) is 0 Å². The van der Waals surface area contributed by atoms with Gasteiger partial charge in [0, 0.05) is 25.0 Å². The van der Waals surface area contributed by atoms with Gasteiger partial charge in [0.05, 0.1) is 0 Å². The van der Waals surface area contributed by atoms with Crippen LogP contribution in [-0.4, -0.2) is 4.98 Å². The summed E-state index contributed by atoms with van der Waals surface area (Å²) in [6, 6.07) is 5.66. The molecule has 0 fully saturated rings. The highest BCUT2D eigenvalue weighted by molar-refractivity contribution is 5.20. The molecule has 2 nitrogen and oxygen atoms in total. The van der Waals surface area contributed by atoms with E-state index in [2.05, 4.69) is 10.3 Å². The molecule has 5 heteroatoms. The van der Waals surface area contributed by atoms with Crippen LogP contribution in [-0.2, 0) is 6.54 Å². The molecule has 2 rings (SSSR count). The van der Waals surface area contributed by atoms with Gasteiger partial charge < -0.3 is 5.32 Å². The Bertz CT molecular complexity index is 535. The molecule has 1 heterocycles. The van der Waals surface area contributed by atoms with Crippen molar-refractivity contribution in [3.63, 3.8) is 0 Å². The minimum absolute atomic E-state index is 0.0233. The first-order valence-corrected chi connectivity index (χ1v) is 5.84. The Kier molecular flexibility index (Phi) is 4.16. The molecule has 1 atom stereocenters. The van der Waals surface area contributed by atoms with Gasteiger partial charge in [-0.05, 0) is 36.2 Å². The number of hydrogen-bond acceptors (Lipinski definition) is 2. The van der Waals surface area contributed by atoms with Crippen LogP contribution in [0.4, 0.5) is 13.2 Å². The van der Waals surface area contributed by atoms with Gasteiger partial charge in [0.15, 0.2) is 17.5 Å². The number of hydrogen-bond donors (Lipinski definition) is 1. The number of nitrogens with one attached hydrogen (secondary N) is 1. The molecule has 1 aromatic heterocycles. The summed E-state index contributed by atoms with van der Waals surface area (Å²) in [7, 11) is 0. The molecule has 0 saturated heterocycles. The molecule has 0 aliphatic rings. The quantitative estimate of drug-likeness (QED) is 0.858. The Hall–Kier alpha value is -1.88. The van der Waals surface area contributed by atoms with Crippen LogP contribution in [0.25, 0.3) is 0 Å². The van der Waals surface area contributed by atoms with Crippen LogP contribution in [0.15, 0.2) is 36.7 Å². The molecule has 2 aromatic rings. The first-order valence-electron chi connectivity index (χ1n) is 5.84. The van der Waals surface area contributed by atoms with Crippen LogP contribution < -0.4 is 5.32 Å². The summed E-state index contributed by atoms with van der Waals surface area (Å²) in [5, 5.41) is 3.09. The fourth-order valence-corrected chi connectivity index (χ4v) is 1.73. The van der Waals surface area contributed by atoms with Crippen LogP contribution in [0.2, 0.25) is 0 Å². The van der Waals surface area contributed by atoms with Crippen LogP contribution in [0.5, 0.6) is 0 Å². The first kappa shape index (κ1) is 13.5. The topological polar surface area (TPSA) is 24.9 Å².